The third kappa shape index (κ3) is 4.24. The van der Waals surface area contributed by atoms with Crippen molar-refractivity contribution in [1.82, 2.24) is 20.4 Å². The summed E-state index contributed by atoms with van der Waals surface area (Å²) in [7, 11) is 0. The molecule has 0 saturated carbocycles. The topological polar surface area (TPSA) is 68.2 Å². The van der Waals surface area contributed by atoms with Gasteiger partial charge in [-0.25, -0.2) is 4.79 Å². The molecule has 0 radical (unpaired) electrons. The number of amides is 1. The van der Waals surface area contributed by atoms with Crippen LogP contribution in [0.4, 0.5) is 4.79 Å². The summed E-state index contributed by atoms with van der Waals surface area (Å²) in [6, 6.07) is 0.426. The Labute approximate surface area is 113 Å². The molecule has 2 heterocycles. The molecule has 0 aromatic carbocycles. The largest absolute Gasteiger partial charge is 0.444 e. The smallest absolute Gasteiger partial charge is 0.407 e. The Morgan fingerprint density at radius 1 is 1.63 bits per heavy atom. The van der Waals surface area contributed by atoms with Crippen molar-refractivity contribution < 1.29 is 9.53 Å². The fourth-order valence-electron chi connectivity index (χ4n) is 2.02. The van der Waals surface area contributed by atoms with Gasteiger partial charge in [0.1, 0.15) is 5.60 Å². The predicted molar refractivity (Wildman–Crippen MR) is 71.8 cm³/mol. The molecule has 1 aromatic rings. The SMILES string of the molecule is CC(C)(C)OC(=O)NCc1cnn(C2CCNC2)c1. The van der Waals surface area contributed by atoms with Crippen LogP contribution in [0, 0.1) is 0 Å². The van der Waals surface area contributed by atoms with Gasteiger partial charge in [-0.15, -0.1) is 0 Å². The Hall–Kier alpha value is -1.56. The first-order chi connectivity index (χ1) is 8.94. The fraction of sp³-hybridized carbons (Fsp3) is 0.692. The van der Waals surface area contributed by atoms with Crippen LogP contribution in [0.15, 0.2) is 12.4 Å². The number of nitrogens with one attached hydrogen (secondary N) is 2. The maximum Gasteiger partial charge on any atom is 0.407 e. The molecule has 106 valence electrons. The fourth-order valence-corrected chi connectivity index (χ4v) is 2.02. The van der Waals surface area contributed by atoms with E-state index in [2.05, 4.69) is 15.7 Å². The van der Waals surface area contributed by atoms with Crippen molar-refractivity contribution in [2.45, 2.75) is 45.4 Å². The monoisotopic (exact) mass is 266 g/mol. The summed E-state index contributed by atoms with van der Waals surface area (Å²) in [6.45, 7) is 7.97. The van der Waals surface area contributed by atoms with Gasteiger partial charge in [0.2, 0.25) is 0 Å². The number of hydrogen-bond donors (Lipinski definition) is 2. The van der Waals surface area contributed by atoms with Crippen LogP contribution in [0.25, 0.3) is 0 Å². The van der Waals surface area contributed by atoms with E-state index in [4.69, 9.17) is 4.74 Å². The molecule has 6 heteroatoms. The number of carbonyl (C=O) groups excluding carboxylic acids is 1. The van der Waals surface area contributed by atoms with Crippen molar-refractivity contribution in [1.29, 1.82) is 0 Å². The van der Waals surface area contributed by atoms with Crippen LogP contribution >= 0.6 is 0 Å². The molecular weight excluding hydrogens is 244 g/mol. The van der Waals surface area contributed by atoms with Gasteiger partial charge in [0, 0.05) is 24.8 Å². The zero-order chi connectivity index (χ0) is 13.9. The van der Waals surface area contributed by atoms with Crippen molar-refractivity contribution in [3.05, 3.63) is 18.0 Å². The third-order valence-corrected chi connectivity index (χ3v) is 2.90. The highest BCUT2D eigenvalue weighted by molar-refractivity contribution is 5.67. The zero-order valence-corrected chi connectivity index (χ0v) is 11.8. The molecule has 0 bridgehead atoms. The summed E-state index contributed by atoms with van der Waals surface area (Å²) in [6.07, 6.45) is 4.47. The van der Waals surface area contributed by atoms with Crippen molar-refractivity contribution >= 4 is 6.09 Å². The molecule has 1 amide bonds. The third-order valence-electron chi connectivity index (χ3n) is 2.90. The minimum absolute atomic E-state index is 0.400. The lowest BCUT2D eigenvalue weighted by atomic mass is 10.2. The van der Waals surface area contributed by atoms with Crippen LogP contribution < -0.4 is 10.6 Å². The molecule has 1 unspecified atom stereocenters. The van der Waals surface area contributed by atoms with E-state index < -0.39 is 11.7 Å². The van der Waals surface area contributed by atoms with Crippen LogP contribution in [-0.4, -0.2) is 34.6 Å². The number of aromatic nitrogens is 2. The lowest BCUT2D eigenvalue weighted by Crippen LogP contribution is -2.32. The summed E-state index contributed by atoms with van der Waals surface area (Å²) >= 11 is 0. The molecule has 1 saturated heterocycles. The molecule has 2 N–H and O–H groups in total. The maximum absolute atomic E-state index is 11.5. The maximum atomic E-state index is 11.5. The van der Waals surface area contributed by atoms with Crippen LogP contribution in [0.3, 0.4) is 0 Å². The normalized spacial score (nSPS) is 19.4. The minimum atomic E-state index is -0.468. The molecular formula is C13H22N4O2. The summed E-state index contributed by atoms with van der Waals surface area (Å²) in [4.78, 5) is 11.5. The summed E-state index contributed by atoms with van der Waals surface area (Å²) in [5.74, 6) is 0. The lowest BCUT2D eigenvalue weighted by Gasteiger charge is -2.19. The van der Waals surface area contributed by atoms with E-state index in [-0.39, 0.29) is 0 Å². The second kappa shape index (κ2) is 5.61. The standard InChI is InChI=1S/C13H22N4O2/c1-13(2,3)19-12(18)15-6-10-7-16-17(9-10)11-4-5-14-8-11/h7,9,11,14H,4-6,8H2,1-3H3,(H,15,18). The molecule has 19 heavy (non-hydrogen) atoms. The van der Waals surface area contributed by atoms with Gasteiger partial charge in [0.25, 0.3) is 0 Å². The number of rotatable bonds is 3. The van der Waals surface area contributed by atoms with E-state index in [1.165, 1.54) is 0 Å². The Morgan fingerprint density at radius 3 is 3.05 bits per heavy atom. The van der Waals surface area contributed by atoms with Gasteiger partial charge in [0.05, 0.1) is 12.2 Å². The molecule has 1 atom stereocenters. The van der Waals surface area contributed by atoms with Gasteiger partial charge in [-0.2, -0.15) is 5.10 Å². The summed E-state index contributed by atoms with van der Waals surface area (Å²) < 4.78 is 7.14. The number of nitrogens with zero attached hydrogens (tertiary/aromatic N) is 2. The van der Waals surface area contributed by atoms with E-state index >= 15 is 0 Å². The van der Waals surface area contributed by atoms with Gasteiger partial charge >= 0.3 is 6.09 Å². The number of alkyl carbamates (subject to hydrolysis) is 1. The van der Waals surface area contributed by atoms with Gasteiger partial charge < -0.3 is 15.4 Å². The van der Waals surface area contributed by atoms with E-state index in [1.54, 1.807) is 6.20 Å². The molecule has 1 aliphatic rings. The lowest BCUT2D eigenvalue weighted by molar-refractivity contribution is 0.0523. The number of carbonyl (C=O) groups is 1. The molecule has 2 rings (SSSR count). The Kier molecular flexibility index (Phi) is 4.09. The highest BCUT2D eigenvalue weighted by Gasteiger charge is 2.18. The molecule has 0 aliphatic carbocycles. The second-order valence-corrected chi connectivity index (χ2v) is 5.83. The van der Waals surface area contributed by atoms with Crippen LogP contribution in [0.2, 0.25) is 0 Å². The minimum Gasteiger partial charge on any atom is -0.444 e. The average molecular weight is 266 g/mol. The van der Waals surface area contributed by atoms with Crippen LogP contribution in [0.1, 0.15) is 38.8 Å². The average Bonchev–Trinajstić information content (AvgIpc) is 2.95. The number of hydrogen-bond acceptors (Lipinski definition) is 4. The van der Waals surface area contributed by atoms with E-state index in [1.807, 2.05) is 31.6 Å². The molecule has 1 aromatic heterocycles. The van der Waals surface area contributed by atoms with Gasteiger partial charge in [-0.3, -0.25) is 4.68 Å². The van der Waals surface area contributed by atoms with Gasteiger partial charge in [-0.1, -0.05) is 0 Å². The van der Waals surface area contributed by atoms with Crippen LogP contribution in [-0.2, 0) is 11.3 Å². The summed E-state index contributed by atoms with van der Waals surface area (Å²) in [5.41, 5.74) is 0.516. The highest BCUT2D eigenvalue weighted by atomic mass is 16.6. The molecule has 1 aliphatic heterocycles. The Morgan fingerprint density at radius 2 is 2.42 bits per heavy atom. The number of ether oxygens (including phenoxy) is 1. The van der Waals surface area contributed by atoms with E-state index in [0.29, 0.717) is 12.6 Å². The predicted octanol–water partition coefficient (Wildman–Crippen LogP) is 1.44. The van der Waals surface area contributed by atoms with Crippen molar-refractivity contribution in [2.24, 2.45) is 0 Å². The summed E-state index contributed by atoms with van der Waals surface area (Å²) in [5, 5.41) is 10.4. The van der Waals surface area contributed by atoms with E-state index in [9.17, 15) is 4.79 Å². The molecule has 1 fully saturated rings. The first-order valence-corrected chi connectivity index (χ1v) is 6.65. The van der Waals surface area contributed by atoms with Crippen LogP contribution in [0.5, 0.6) is 0 Å². The van der Waals surface area contributed by atoms with Gasteiger partial charge in [0.15, 0.2) is 0 Å². The highest BCUT2D eigenvalue weighted by Crippen LogP contribution is 2.14. The second-order valence-electron chi connectivity index (χ2n) is 5.83. The van der Waals surface area contributed by atoms with Gasteiger partial charge in [-0.05, 0) is 33.7 Å². The van der Waals surface area contributed by atoms with Crippen molar-refractivity contribution in [2.75, 3.05) is 13.1 Å². The van der Waals surface area contributed by atoms with Crippen molar-refractivity contribution in [3.63, 3.8) is 0 Å². The zero-order valence-electron chi connectivity index (χ0n) is 11.8. The quantitative estimate of drug-likeness (QED) is 0.868. The Balaban J connectivity index is 1.81. The van der Waals surface area contributed by atoms with Crippen molar-refractivity contribution in [3.8, 4) is 0 Å². The van der Waals surface area contributed by atoms with E-state index in [0.717, 1.165) is 25.1 Å². The first kappa shape index (κ1) is 13.9. The Bertz CT molecular complexity index is 430. The molecule has 6 nitrogen and oxygen atoms in total. The first-order valence-electron chi connectivity index (χ1n) is 6.65. The molecule has 0 spiro atoms.